The molecule has 0 heterocycles. The third-order valence-electron chi connectivity index (χ3n) is 1.78. The first-order valence-corrected chi connectivity index (χ1v) is 3.40. The van der Waals surface area contributed by atoms with E-state index in [1.807, 2.05) is 0 Å². The molecule has 1 saturated carbocycles. The van der Waals surface area contributed by atoms with E-state index in [0.717, 1.165) is 30.4 Å². The minimum absolute atomic E-state index is 0.0440. The first kappa shape index (κ1) is 7.19. The summed E-state index contributed by atoms with van der Waals surface area (Å²) in [5, 5.41) is 9.12. The van der Waals surface area contributed by atoms with Gasteiger partial charge < -0.3 is 9.84 Å². The lowest BCUT2D eigenvalue weighted by Crippen LogP contribution is -1.90. The molecule has 1 N–H and O–H groups in total. The van der Waals surface area contributed by atoms with E-state index < -0.39 is 0 Å². The van der Waals surface area contributed by atoms with E-state index in [0.29, 0.717) is 0 Å². The maximum Gasteiger partial charge on any atom is 0.279 e. The molecule has 0 unspecified atom stereocenters. The van der Waals surface area contributed by atoms with E-state index in [2.05, 4.69) is 11.3 Å². The predicted molar refractivity (Wildman–Crippen MR) is 39.7 cm³/mol. The summed E-state index contributed by atoms with van der Waals surface area (Å²) in [7, 11) is 1.47. The van der Waals surface area contributed by atoms with Crippen LogP contribution in [0.3, 0.4) is 0 Å². The number of aliphatic hydroxyl groups excluding tert-OH is 1. The zero-order valence-corrected chi connectivity index (χ0v) is 6.18. The predicted octanol–water partition coefficient (Wildman–Crippen LogP) is 2.14. The summed E-state index contributed by atoms with van der Waals surface area (Å²) in [5.41, 5.74) is 1.90. The van der Waals surface area contributed by atoms with Crippen LogP contribution in [0, 0.1) is 0 Å². The molecule has 2 nitrogen and oxygen atoms in total. The fourth-order valence-electron chi connectivity index (χ4n) is 1.19. The second-order valence-electron chi connectivity index (χ2n) is 2.44. The summed E-state index contributed by atoms with van der Waals surface area (Å²) in [6.07, 6.45) is 2.98. The molecule has 0 bridgehead atoms. The lowest BCUT2D eigenvalue weighted by molar-refractivity contribution is 0.131. The minimum Gasteiger partial charge on any atom is -0.481 e. The number of aliphatic hydroxyl groups is 1. The van der Waals surface area contributed by atoms with Crippen molar-refractivity contribution in [2.75, 3.05) is 7.11 Å². The molecule has 1 aliphatic rings. The maximum absolute atomic E-state index is 9.12. The summed E-state index contributed by atoms with van der Waals surface area (Å²) < 4.78 is 4.68. The summed E-state index contributed by atoms with van der Waals surface area (Å²) in [6.45, 7) is 3.81. The van der Waals surface area contributed by atoms with Gasteiger partial charge in [-0.15, -0.1) is 0 Å². The van der Waals surface area contributed by atoms with Crippen molar-refractivity contribution in [3.63, 3.8) is 0 Å². The standard InChI is InChI=1S/C8H12O2/c1-6-4-3-5-7(6)8(9)10-2/h9H,1,3-5H2,2H3/b8-7+. The van der Waals surface area contributed by atoms with E-state index in [-0.39, 0.29) is 5.95 Å². The number of methoxy groups -OCH3 is 1. The Kier molecular flexibility index (Phi) is 2.00. The lowest BCUT2D eigenvalue weighted by Gasteiger charge is -2.01. The van der Waals surface area contributed by atoms with Gasteiger partial charge in [-0.2, -0.15) is 0 Å². The van der Waals surface area contributed by atoms with Crippen molar-refractivity contribution in [1.82, 2.24) is 0 Å². The molecule has 2 heteroatoms. The van der Waals surface area contributed by atoms with Crippen molar-refractivity contribution in [2.45, 2.75) is 19.3 Å². The number of hydrogen-bond donors (Lipinski definition) is 1. The average Bonchev–Trinajstić information content (AvgIpc) is 2.34. The van der Waals surface area contributed by atoms with Gasteiger partial charge in [0.05, 0.1) is 7.11 Å². The van der Waals surface area contributed by atoms with Crippen molar-refractivity contribution >= 4 is 0 Å². The Morgan fingerprint density at radius 2 is 2.30 bits per heavy atom. The van der Waals surface area contributed by atoms with Crippen LogP contribution in [-0.2, 0) is 4.74 Å². The zero-order chi connectivity index (χ0) is 7.56. The van der Waals surface area contributed by atoms with Crippen LogP contribution in [0.5, 0.6) is 0 Å². The highest BCUT2D eigenvalue weighted by Gasteiger charge is 2.16. The van der Waals surface area contributed by atoms with E-state index in [4.69, 9.17) is 5.11 Å². The van der Waals surface area contributed by atoms with E-state index in [1.54, 1.807) is 0 Å². The molecule has 0 aromatic carbocycles. The molecule has 0 aromatic rings. The highest BCUT2D eigenvalue weighted by Crippen LogP contribution is 2.30. The number of hydrogen-bond acceptors (Lipinski definition) is 2. The second-order valence-corrected chi connectivity index (χ2v) is 2.44. The highest BCUT2D eigenvalue weighted by molar-refractivity contribution is 5.32. The average molecular weight is 140 g/mol. The van der Waals surface area contributed by atoms with Crippen LogP contribution in [-0.4, -0.2) is 12.2 Å². The van der Waals surface area contributed by atoms with Gasteiger partial charge in [-0.25, -0.2) is 0 Å². The Morgan fingerprint density at radius 1 is 1.60 bits per heavy atom. The molecule has 0 spiro atoms. The number of rotatable bonds is 1. The normalized spacial score (nSPS) is 23.1. The van der Waals surface area contributed by atoms with Crippen LogP contribution in [0.1, 0.15) is 19.3 Å². The third kappa shape index (κ3) is 1.15. The van der Waals surface area contributed by atoms with E-state index in [1.165, 1.54) is 7.11 Å². The van der Waals surface area contributed by atoms with Gasteiger partial charge in [0.25, 0.3) is 5.95 Å². The minimum atomic E-state index is 0.0440. The van der Waals surface area contributed by atoms with Crippen LogP contribution in [0.2, 0.25) is 0 Å². The second kappa shape index (κ2) is 2.78. The smallest absolute Gasteiger partial charge is 0.279 e. The molecule has 0 saturated heterocycles. The van der Waals surface area contributed by atoms with Gasteiger partial charge >= 0.3 is 0 Å². The zero-order valence-electron chi connectivity index (χ0n) is 6.18. The topological polar surface area (TPSA) is 29.5 Å². The molecular weight excluding hydrogens is 128 g/mol. The van der Waals surface area contributed by atoms with Crippen molar-refractivity contribution in [3.05, 3.63) is 23.7 Å². The Balaban J connectivity index is 2.79. The Hall–Kier alpha value is -0.920. The fourth-order valence-corrected chi connectivity index (χ4v) is 1.19. The molecule has 56 valence electrons. The van der Waals surface area contributed by atoms with Gasteiger partial charge in [0.1, 0.15) is 0 Å². The molecule has 0 amide bonds. The summed E-state index contributed by atoms with van der Waals surface area (Å²) in [4.78, 5) is 0. The number of allylic oxidation sites excluding steroid dienone is 2. The van der Waals surface area contributed by atoms with Crippen LogP contribution < -0.4 is 0 Å². The van der Waals surface area contributed by atoms with Crippen molar-refractivity contribution in [2.24, 2.45) is 0 Å². The summed E-state index contributed by atoms with van der Waals surface area (Å²) >= 11 is 0. The van der Waals surface area contributed by atoms with Crippen molar-refractivity contribution in [1.29, 1.82) is 0 Å². The van der Waals surface area contributed by atoms with Crippen molar-refractivity contribution < 1.29 is 9.84 Å². The summed E-state index contributed by atoms with van der Waals surface area (Å²) in [5.74, 6) is 0.0440. The Morgan fingerprint density at radius 3 is 2.70 bits per heavy atom. The Bertz CT molecular complexity index is 180. The van der Waals surface area contributed by atoms with Crippen LogP contribution in [0.25, 0.3) is 0 Å². The molecule has 0 aromatic heterocycles. The van der Waals surface area contributed by atoms with Gasteiger partial charge in [-0.05, 0) is 24.8 Å². The van der Waals surface area contributed by atoms with Gasteiger partial charge in [0, 0.05) is 5.57 Å². The summed E-state index contributed by atoms with van der Waals surface area (Å²) in [6, 6.07) is 0. The van der Waals surface area contributed by atoms with Gasteiger partial charge in [-0.1, -0.05) is 6.58 Å². The third-order valence-corrected chi connectivity index (χ3v) is 1.78. The van der Waals surface area contributed by atoms with Crippen LogP contribution in [0.4, 0.5) is 0 Å². The fraction of sp³-hybridized carbons (Fsp3) is 0.500. The molecule has 0 aliphatic heterocycles. The molecule has 0 atom stereocenters. The molecule has 0 radical (unpaired) electrons. The Labute approximate surface area is 60.8 Å². The van der Waals surface area contributed by atoms with E-state index >= 15 is 0 Å². The molecule has 1 fully saturated rings. The largest absolute Gasteiger partial charge is 0.481 e. The number of ether oxygens (including phenoxy) is 1. The quantitative estimate of drug-likeness (QED) is 0.565. The van der Waals surface area contributed by atoms with E-state index in [9.17, 15) is 0 Å². The van der Waals surface area contributed by atoms with Crippen LogP contribution >= 0.6 is 0 Å². The maximum atomic E-state index is 9.12. The van der Waals surface area contributed by atoms with Gasteiger partial charge in [0.15, 0.2) is 0 Å². The SMILES string of the molecule is C=C1CCC/C1=C(/O)OC. The van der Waals surface area contributed by atoms with Crippen LogP contribution in [0.15, 0.2) is 23.7 Å². The molecule has 1 aliphatic carbocycles. The lowest BCUT2D eigenvalue weighted by atomic mass is 10.2. The highest BCUT2D eigenvalue weighted by atomic mass is 16.6. The molecule has 10 heavy (non-hydrogen) atoms. The van der Waals surface area contributed by atoms with Crippen molar-refractivity contribution in [3.8, 4) is 0 Å². The first-order valence-electron chi connectivity index (χ1n) is 3.40. The first-order chi connectivity index (χ1) is 4.75. The van der Waals surface area contributed by atoms with Gasteiger partial charge in [0.2, 0.25) is 0 Å². The monoisotopic (exact) mass is 140 g/mol. The molecular formula is C8H12O2. The molecule has 1 rings (SSSR count). The van der Waals surface area contributed by atoms with Gasteiger partial charge in [-0.3, -0.25) is 0 Å².